The number of fused-ring (bicyclic) bond motifs is 1. The summed E-state index contributed by atoms with van der Waals surface area (Å²) in [5.74, 6) is 0.794. The molecule has 2 atom stereocenters. The molecule has 0 aliphatic carbocycles. The number of aldehydes is 1. The Morgan fingerprint density at radius 1 is 1.33 bits per heavy atom. The highest BCUT2D eigenvalue weighted by atomic mass is 16.5. The van der Waals surface area contributed by atoms with Crippen LogP contribution in [0.2, 0.25) is 0 Å². The van der Waals surface area contributed by atoms with Crippen molar-refractivity contribution in [1.82, 2.24) is 14.5 Å². The number of nitriles is 1. The largest absolute Gasteiger partial charge is 0.497 e. The van der Waals surface area contributed by atoms with Gasteiger partial charge in [-0.25, -0.2) is 4.52 Å². The van der Waals surface area contributed by atoms with E-state index < -0.39 is 5.91 Å². The number of nitrogens with two attached hydrogens (primary N) is 1. The lowest BCUT2D eigenvalue weighted by atomic mass is 10.0. The highest BCUT2D eigenvalue weighted by molar-refractivity contribution is 6.02. The molecule has 9 heteroatoms. The molecule has 1 amide bonds. The second kappa shape index (κ2) is 10.6. The van der Waals surface area contributed by atoms with Gasteiger partial charge in [0.05, 0.1) is 42.6 Å². The molecule has 3 heterocycles. The maximum atomic E-state index is 12.0. The number of methoxy groups -OCH3 is 1. The number of likely N-dealkylation sites (N-methyl/N-ethyl adjacent to an activating group) is 1. The van der Waals surface area contributed by atoms with Gasteiger partial charge in [0.2, 0.25) is 0 Å². The smallest absolute Gasteiger partial charge is 0.252 e. The summed E-state index contributed by atoms with van der Waals surface area (Å²) in [4.78, 5) is 23.5. The molecule has 3 N–H and O–H groups in total. The zero-order chi connectivity index (χ0) is 24.0. The first-order chi connectivity index (χ1) is 15.9. The van der Waals surface area contributed by atoms with Gasteiger partial charge in [-0.2, -0.15) is 10.4 Å². The summed E-state index contributed by atoms with van der Waals surface area (Å²) in [6.45, 7) is 4.15. The quantitative estimate of drug-likeness (QED) is 0.555. The van der Waals surface area contributed by atoms with Crippen LogP contribution < -0.4 is 15.8 Å². The van der Waals surface area contributed by atoms with Crippen molar-refractivity contribution < 1.29 is 14.3 Å². The monoisotopic (exact) mass is 448 g/mol. The van der Waals surface area contributed by atoms with Gasteiger partial charge in [-0.05, 0) is 36.7 Å². The lowest BCUT2D eigenvalue weighted by molar-refractivity contribution is -0.107. The Labute approximate surface area is 192 Å². The lowest BCUT2D eigenvalue weighted by Gasteiger charge is -2.20. The molecule has 0 unspecified atom stereocenters. The summed E-state index contributed by atoms with van der Waals surface area (Å²) < 4.78 is 7.02. The number of benzene rings is 1. The molecule has 1 aliphatic rings. The van der Waals surface area contributed by atoms with E-state index in [1.807, 2.05) is 36.5 Å². The highest BCUT2D eigenvalue weighted by Gasteiger charge is 2.29. The Morgan fingerprint density at radius 3 is 2.58 bits per heavy atom. The van der Waals surface area contributed by atoms with Crippen molar-refractivity contribution in [2.75, 3.05) is 32.6 Å². The zero-order valence-corrected chi connectivity index (χ0v) is 19.0. The number of ether oxygens (including phenoxy) is 1. The van der Waals surface area contributed by atoms with Gasteiger partial charge >= 0.3 is 0 Å². The Hall–Kier alpha value is -3.90. The average molecular weight is 449 g/mol. The number of hydrogen-bond acceptors (Lipinski definition) is 7. The molecule has 0 bridgehead atoms. The standard InChI is InChI=1S/C21H25N5O2.C3H3NO/c1-13-10-25(2)12-18(13)24-20-17(21(22)27)9-23-26-11-15(8-19(20)26)14-4-6-16(28-3)7-5-14;4-2-1-3-5/h4-9,11,13,18,24H,10,12H2,1-3H3,(H2,22,27);3H,1H2/t13-,18+;/m0./s1. The third-order valence-corrected chi connectivity index (χ3v) is 5.63. The second-order valence-corrected chi connectivity index (χ2v) is 8.06. The number of primary amides is 1. The number of anilines is 1. The van der Waals surface area contributed by atoms with E-state index in [-0.39, 0.29) is 12.5 Å². The van der Waals surface area contributed by atoms with Crippen molar-refractivity contribution in [3.63, 3.8) is 0 Å². The molecule has 1 saturated heterocycles. The van der Waals surface area contributed by atoms with Gasteiger partial charge in [-0.15, -0.1) is 0 Å². The third kappa shape index (κ3) is 5.48. The van der Waals surface area contributed by atoms with E-state index in [4.69, 9.17) is 15.7 Å². The molecule has 3 aromatic rings. The van der Waals surface area contributed by atoms with Gasteiger partial charge in [0.25, 0.3) is 5.91 Å². The number of aromatic nitrogens is 2. The van der Waals surface area contributed by atoms with Crippen LogP contribution in [0.1, 0.15) is 23.7 Å². The van der Waals surface area contributed by atoms with E-state index in [1.54, 1.807) is 23.9 Å². The van der Waals surface area contributed by atoms with Crippen molar-refractivity contribution in [1.29, 1.82) is 5.26 Å². The molecule has 9 nitrogen and oxygen atoms in total. The molecular weight excluding hydrogens is 420 g/mol. The SMILES string of the molecule is COc1ccc(-c2cc3c(N[C@@H]4CN(C)C[C@@H]4C)c(C(N)=O)cnn3c2)cc1.N#CCC=O. The molecule has 1 aliphatic heterocycles. The lowest BCUT2D eigenvalue weighted by Crippen LogP contribution is -2.29. The second-order valence-electron chi connectivity index (χ2n) is 8.06. The zero-order valence-electron chi connectivity index (χ0n) is 19.0. The Bertz CT molecular complexity index is 1170. The van der Waals surface area contributed by atoms with Crippen molar-refractivity contribution in [3.05, 3.63) is 48.3 Å². The van der Waals surface area contributed by atoms with Crippen LogP contribution in [0.25, 0.3) is 16.6 Å². The summed E-state index contributed by atoms with van der Waals surface area (Å²) in [6, 6.07) is 11.8. The van der Waals surface area contributed by atoms with Crippen LogP contribution >= 0.6 is 0 Å². The Kier molecular flexibility index (Phi) is 7.64. The van der Waals surface area contributed by atoms with Gasteiger partial charge in [-0.1, -0.05) is 19.1 Å². The van der Waals surface area contributed by atoms with Crippen molar-refractivity contribution in [2.24, 2.45) is 11.7 Å². The molecule has 0 spiro atoms. The fraction of sp³-hybridized carbons (Fsp3) is 0.333. The van der Waals surface area contributed by atoms with Crippen LogP contribution in [-0.2, 0) is 4.79 Å². The molecule has 172 valence electrons. The van der Waals surface area contributed by atoms with Gasteiger partial charge in [-0.3, -0.25) is 4.79 Å². The molecule has 1 fully saturated rings. The first kappa shape index (κ1) is 23.8. The predicted octanol–water partition coefficient (Wildman–Crippen LogP) is 2.57. The molecule has 33 heavy (non-hydrogen) atoms. The average Bonchev–Trinajstić information content (AvgIpc) is 3.37. The number of likely N-dealkylation sites (tertiary alicyclic amines) is 1. The summed E-state index contributed by atoms with van der Waals surface area (Å²) in [5.41, 5.74) is 9.69. The number of carbonyl (C=O) groups excluding carboxylic acids is 2. The predicted molar refractivity (Wildman–Crippen MR) is 126 cm³/mol. The Balaban J connectivity index is 0.000000555. The van der Waals surface area contributed by atoms with Crippen LogP contribution in [-0.4, -0.2) is 60.0 Å². The van der Waals surface area contributed by atoms with Crippen molar-refractivity contribution >= 4 is 23.4 Å². The summed E-state index contributed by atoms with van der Waals surface area (Å²) >= 11 is 0. The fourth-order valence-electron chi connectivity index (χ4n) is 3.96. The van der Waals surface area contributed by atoms with E-state index in [0.29, 0.717) is 17.8 Å². The van der Waals surface area contributed by atoms with Crippen LogP contribution in [0.5, 0.6) is 5.75 Å². The molecule has 4 rings (SSSR count). The number of nitrogens with one attached hydrogen (secondary N) is 1. The first-order valence-corrected chi connectivity index (χ1v) is 10.6. The normalized spacial score (nSPS) is 17.6. The minimum atomic E-state index is -0.483. The maximum absolute atomic E-state index is 12.0. The fourth-order valence-corrected chi connectivity index (χ4v) is 3.96. The van der Waals surface area contributed by atoms with Crippen LogP contribution in [0.3, 0.4) is 0 Å². The minimum absolute atomic E-state index is 0.0139. The minimum Gasteiger partial charge on any atom is -0.497 e. The van der Waals surface area contributed by atoms with E-state index in [0.717, 1.165) is 41.2 Å². The van der Waals surface area contributed by atoms with Gasteiger partial charge < -0.3 is 25.5 Å². The molecule has 0 saturated carbocycles. The number of carbonyl (C=O) groups is 2. The summed E-state index contributed by atoms with van der Waals surface area (Å²) in [5, 5.41) is 15.6. The summed E-state index contributed by atoms with van der Waals surface area (Å²) in [6.07, 6.45) is 4.08. The van der Waals surface area contributed by atoms with E-state index in [1.165, 1.54) is 0 Å². The van der Waals surface area contributed by atoms with Gasteiger partial charge in [0.1, 0.15) is 12.0 Å². The highest BCUT2D eigenvalue weighted by Crippen LogP contribution is 2.31. The molecule has 1 aromatic carbocycles. The topological polar surface area (TPSA) is 126 Å². The molecule has 2 aromatic heterocycles. The summed E-state index contributed by atoms with van der Waals surface area (Å²) in [7, 11) is 3.75. The number of hydrogen-bond donors (Lipinski definition) is 2. The number of rotatable bonds is 6. The third-order valence-electron chi connectivity index (χ3n) is 5.63. The number of amides is 1. The van der Waals surface area contributed by atoms with Crippen LogP contribution in [0.15, 0.2) is 42.7 Å². The van der Waals surface area contributed by atoms with Crippen LogP contribution in [0.4, 0.5) is 5.69 Å². The molecular formula is C24H28N6O3. The maximum Gasteiger partial charge on any atom is 0.252 e. The van der Waals surface area contributed by atoms with Gasteiger partial charge in [0.15, 0.2) is 0 Å². The molecule has 0 radical (unpaired) electrons. The number of nitrogens with zero attached hydrogens (tertiary/aromatic N) is 4. The van der Waals surface area contributed by atoms with Crippen LogP contribution in [0, 0.1) is 17.2 Å². The first-order valence-electron chi connectivity index (χ1n) is 10.6. The van der Waals surface area contributed by atoms with E-state index in [2.05, 4.69) is 29.3 Å². The van der Waals surface area contributed by atoms with E-state index in [9.17, 15) is 9.59 Å². The van der Waals surface area contributed by atoms with Gasteiger partial charge in [0, 0.05) is 30.9 Å². The van der Waals surface area contributed by atoms with Crippen molar-refractivity contribution in [2.45, 2.75) is 19.4 Å². The van der Waals surface area contributed by atoms with Crippen molar-refractivity contribution in [3.8, 4) is 22.9 Å². The van der Waals surface area contributed by atoms with E-state index >= 15 is 0 Å². The Morgan fingerprint density at radius 2 is 2.06 bits per heavy atom.